The Bertz CT molecular complexity index is 735. The zero-order valence-corrected chi connectivity index (χ0v) is 16.7. The minimum absolute atomic E-state index is 0.0340. The highest BCUT2D eigenvalue weighted by atomic mass is 32.2. The van der Waals surface area contributed by atoms with Crippen LogP contribution in [0.3, 0.4) is 0 Å². The number of benzene rings is 1. The van der Waals surface area contributed by atoms with Gasteiger partial charge in [-0.2, -0.15) is 11.8 Å². The van der Waals surface area contributed by atoms with E-state index in [2.05, 4.69) is 10.2 Å². The smallest absolute Gasteiger partial charge is 0.414 e. The van der Waals surface area contributed by atoms with Crippen molar-refractivity contribution in [3.8, 4) is 0 Å². The number of thioether (sulfide) groups is 1. The molecule has 2 aliphatic heterocycles. The minimum Gasteiger partial charge on any atom is -0.442 e. The SMILES string of the molecule is O=C(NC[C@H]1CN(c2ccc(N3CCCSCC3)c(F)c2)C(=O)O1)C1CCC1. The van der Waals surface area contributed by atoms with Gasteiger partial charge in [0.15, 0.2) is 0 Å². The molecule has 0 spiro atoms. The average molecular weight is 408 g/mol. The number of halogens is 1. The van der Waals surface area contributed by atoms with E-state index in [9.17, 15) is 14.0 Å². The molecule has 3 aliphatic rings. The molecule has 0 bridgehead atoms. The van der Waals surface area contributed by atoms with Gasteiger partial charge in [-0.05, 0) is 43.2 Å². The number of cyclic esters (lactones) is 1. The van der Waals surface area contributed by atoms with Crippen molar-refractivity contribution in [1.82, 2.24) is 5.32 Å². The van der Waals surface area contributed by atoms with E-state index in [1.165, 1.54) is 11.0 Å². The number of carbonyl (C=O) groups excluding carboxylic acids is 2. The van der Waals surface area contributed by atoms with Gasteiger partial charge in [0.1, 0.15) is 11.9 Å². The Morgan fingerprint density at radius 1 is 1.25 bits per heavy atom. The lowest BCUT2D eigenvalue weighted by molar-refractivity contribution is -0.127. The van der Waals surface area contributed by atoms with Crippen LogP contribution in [0.4, 0.5) is 20.6 Å². The summed E-state index contributed by atoms with van der Waals surface area (Å²) in [5.41, 5.74) is 1.08. The van der Waals surface area contributed by atoms with Gasteiger partial charge in [-0.25, -0.2) is 9.18 Å². The van der Waals surface area contributed by atoms with Crippen LogP contribution in [-0.4, -0.2) is 55.8 Å². The van der Waals surface area contributed by atoms with E-state index in [0.29, 0.717) is 24.5 Å². The highest BCUT2D eigenvalue weighted by Crippen LogP contribution is 2.29. The number of rotatable bonds is 5. The first kappa shape index (κ1) is 19.4. The van der Waals surface area contributed by atoms with E-state index in [1.54, 1.807) is 12.1 Å². The first-order chi connectivity index (χ1) is 13.6. The zero-order chi connectivity index (χ0) is 19.5. The van der Waals surface area contributed by atoms with Crippen molar-refractivity contribution in [2.75, 3.05) is 47.5 Å². The predicted molar refractivity (Wildman–Crippen MR) is 109 cm³/mol. The highest BCUT2D eigenvalue weighted by molar-refractivity contribution is 7.99. The second-order valence-electron chi connectivity index (χ2n) is 7.58. The summed E-state index contributed by atoms with van der Waals surface area (Å²) in [6, 6.07) is 4.93. The Labute approximate surface area is 168 Å². The van der Waals surface area contributed by atoms with Crippen molar-refractivity contribution in [2.45, 2.75) is 31.8 Å². The van der Waals surface area contributed by atoms with Gasteiger partial charge in [-0.1, -0.05) is 6.42 Å². The third-order valence-corrected chi connectivity index (χ3v) is 6.71. The summed E-state index contributed by atoms with van der Waals surface area (Å²) in [4.78, 5) is 27.7. The molecule has 2 saturated heterocycles. The first-order valence-corrected chi connectivity index (χ1v) is 11.2. The molecular weight excluding hydrogens is 381 g/mol. The van der Waals surface area contributed by atoms with E-state index < -0.39 is 12.2 Å². The van der Waals surface area contributed by atoms with Gasteiger partial charge in [-0.3, -0.25) is 9.69 Å². The Balaban J connectivity index is 1.37. The molecule has 28 heavy (non-hydrogen) atoms. The summed E-state index contributed by atoms with van der Waals surface area (Å²) in [5, 5.41) is 2.86. The van der Waals surface area contributed by atoms with Gasteiger partial charge in [-0.15, -0.1) is 0 Å². The van der Waals surface area contributed by atoms with Crippen LogP contribution in [0.25, 0.3) is 0 Å². The Kier molecular flexibility index (Phi) is 5.94. The standard InChI is InChI=1S/C20H26FN3O3S/c21-17-11-15(5-6-18(17)23-7-2-9-28-10-8-23)24-13-16(27-20(24)26)12-22-19(25)14-3-1-4-14/h5-6,11,14,16H,1-4,7-10,12-13H2,(H,22,25)/t16-/m0/s1. The quantitative estimate of drug-likeness (QED) is 0.813. The van der Waals surface area contributed by atoms with Crippen molar-refractivity contribution in [1.29, 1.82) is 0 Å². The second-order valence-corrected chi connectivity index (χ2v) is 8.80. The van der Waals surface area contributed by atoms with E-state index >= 15 is 0 Å². The average Bonchev–Trinajstić information content (AvgIpc) is 2.82. The Morgan fingerprint density at radius 3 is 2.86 bits per heavy atom. The predicted octanol–water partition coefficient (Wildman–Crippen LogP) is 3.01. The molecule has 0 unspecified atom stereocenters. The Hall–Kier alpha value is -1.96. The molecule has 1 aromatic carbocycles. The molecule has 1 N–H and O–H groups in total. The molecule has 1 aromatic rings. The van der Waals surface area contributed by atoms with Crippen LogP contribution in [0.1, 0.15) is 25.7 Å². The van der Waals surface area contributed by atoms with E-state index in [4.69, 9.17) is 4.74 Å². The van der Waals surface area contributed by atoms with E-state index in [0.717, 1.165) is 50.3 Å². The highest BCUT2D eigenvalue weighted by Gasteiger charge is 2.34. The lowest BCUT2D eigenvalue weighted by atomic mass is 9.85. The second kappa shape index (κ2) is 8.59. The third kappa shape index (κ3) is 4.21. The van der Waals surface area contributed by atoms with Crippen LogP contribution < -0.4 is 15.1 Å². The largest absolute Gasteiger partial charge is 0.442 e. The molecular formula is C20H26FN3O3S. The van der Waals surface area contributed by atoms with Crippen LogP contribution in [0, 0.1) is 11.7 Å². The Morgan fingerprint density at radius 2 is 2.11 bits per heavy atom. The molecule has 1 saturated carbocycles. The number of amides is 2. The summed E-state index contributed by atoms with van der Waals surface area (Å²) in [7, 11) is 0. The van der Waals surface area contributed by atoms with Gasteiger partial charge in [0.25, 0.3) is 0 Å². The third-order valence-electron chi connectivity index (χ3n) is 5.66. The summed E-state index contributed by atoms with van der Waals surface area (Å²) in [6.07, 6.45) is 3.09. The molecule has 6 nitrogen and oxygen atoms in total. The number of nitrogens with zero attached hydrogens (tertiary/aromatic N) is 2. The summed E-state index contributed by atoms with van der Waals surface area (Å²) in [6.45, 7) is 2.28. The molecule has 1 aliphatic carbocycles. The molecule has 2 heterocycles. The number of carbonyl (C=O) groups is 2. The maximum absolute atomic E-state index is 14.7. The molecule has 8 heteroatoms. The van der Waals surface area contributed by atoms with Gasteiger partial charge in [0.2, 0.25) is 5.91 Å². The number of ether oxygens (including phenoxy) is 1. The van der Waals surface area contributed by atoms with Crippen LogP contribution in [-0.2, 0) is 9.53 Å². The summed E-state index contributed by atoms with van der Waals surface area (Å²) in [5.74, 6) is 1.92. The summed E-state index contributed by atoms with van der Waals surface area (Å²) >= 11 is 1.89. The number of hydrogen-bond acceptors (Lipinski definition) is 5. The fraction of sp³-hybridized carbons (Fsp3) is 0.600. The van der Waals surface area contributed by atoms with E-state index in [1.807, 2.05) is 11.8 Å². The molecule has 4 rings (SSSR count). The van der Waals surface area contributed by atoms with Crippen molar-refractivity contribution >= 4 is 35.1 Å². The van der Waals surface area contributed by atoms with Crippen molar-refractivity contribution < 1.29 is 18.7 Å². The van der Waals surface area contributed by atoms with Gasteiger partial charge >= 0.3 is 6.09 Å². The fourth-order valence-electron chi connectivity index (χ4n) is 3.78. The monoisotopic (exact) mass is 407 g/mol. The zero-order valence-electron chi connectivity index (χ0n) is 15.9. The minimum atomic E-state index is -0.499. The number of hydrogen-bond donors (Lipinski definition) is 1. The van der Waals surface area contributed by atoms with Crippen LogP contribution in [0.5, 0.6) is 0 Å². The van der Waals surface area contributed by atoms with Crippen molar-refractivity contribution in [3.05, 3.63) is 24.0 Å². The maximum atomic E-state index is 14.7. The molecule has 1 atom stereocenters. The van der Waals surface area contributed by atoms with Crippen molar-refractivity contribution in [2.24, 2.45) is 5.92 Å². The lowest BCUT2D eigenvalue weighted by Crippen LogP contribution is -2.40. The first-order valence-electron chi connectivity index (χ1n) is 10.00. The van der Waals surface area contributed by atoms with Crippen LogP contribution in [0.2, 0.25) is 0 Å². The van der Waals surface area contributed by atoms with E-state index in [-0.39, 0.29) is 17.6 Å². The number of nitrogens with one attached hydrogen (secondary N) is 1. The van der Waals surface area contributed by atoms with Gasteiger partial charge in [0, 0.05) is 24.8 Å². The lowest BCUT2D eigenvalue weighted by Gasteiger charge is -2.24. The van der Waals surface area contributed by atoms with Crippen molar-refractivity contribution in [3.63, 3.8) is 0 Å². The normalized spacial score (nSPS) is 23.2. The summed E-state index contributed by atoms with van der Waals surface area (Å²) < 4.78 is 20.1. The molecule has 152 valence electrons. The molecule has 2 amide bonds. The molecule has 3 fully saturated rings. The topological polar surface area (TPSA) is 61.9 Å². The van der Waals surface area contributed by atoms with Gasteiger partial charge in [0.05, 0.1) is 24.5 Å². The molecule has 0 aromatic heterocycles. The fourth-order valence-corrected chi connectivity index (χ4v) is 4.66. The number of anilines is 2. The van der Waals surface area contributed by atoms with Crippen LogP contribution >= 0.6 is 11.8 Å². The van der Waals surface area contributed by atoms with Gasteiger partial charge < -0.3 is 15.0 Å². The van der Waals surface area contributed by atoms with Crippen LogP contribution in [0.15, 0.2) is 18.2 Å². The molecule has 0 radical (unpaired) electrons. The maximum Gasteiger partial charge on any atom is 0.414 e.